The number of hydrogen-bond acceptors (Lipinski definition) is 4. The molecule has 0 saturated carbocycles. The molecule has 1 aromatic carbocycles. The molecule has 21 heavy (non-hydrogen) atoms. The number of carbonyl (C=O) groups is 1. The maximum atomic E-state index is 13.8. The second-order valence-electron chi connectivity index (χ2n) is 3.51. The van der Waals surface area contributed by atoms with Crippen molar-refractivity contribution < 1.29 is 27.5 Å². The molecule has 0 saturated heterocycles. The zero-order valence-corrected chi connectivity index (χ0v) is 10.5. The first-order valence-corrected chi connectivity index (χ1v) is 5.86. The summed E-state index contributed by atoms with van der Waals surface area (Å²) in [4.78, 5) is 16.1. The lowest BCUT2D eigenvalue weighted by molar-refractivity contribution is 0.0691. The van der Waals surface area contributed by atoms with E-state index in [9.17, 15) is 22.4 Å². The highest BCUT2D eigenvalue weighted by Gasteiger charge is 2.27. The first kappa shape index (κ1) is 14.8. The normalized spacial score (nSPS) is 10.3. The van der Waals surface area contributed by atoms with E-state index in [2.05, 4.69) is 15.0 Å². The Morgan fingerprint density at radius 3 is 2.24 bits per heavy atom. The topological polar surface area (TPSA) is 99.0 Å². The van der Waals surface area contributed by atoms with Crippen LogP contribution in [-0.2, 0) is 0 Å². The van der Waals surface area contributed by atoms with Crippen molar-refractivity contribution in [3.05, 3.63) is 44.8 Å². The van der Waals surface area contributed by atoms with Gasteiger partial charge in [-0.25, -0.2) is 27.3 Å². The third-order valence-corrected chi connectivity index (χ3v) is 3.18. The Hall–Kier alpha value is -2.65. The van der Waals surface area contributed by atoms with Gasteiger partial charge >= 0.3 is 5.97 Å². The summed E-state index contributed by atoms with van der Waals surface area (Å²) in [6.07, 6.45) is 0. The molecule has 2 rings (SSSR count). The highest BCUT2D eigenvalue weighted by molar-refractivity contribution is 7.13. The molecule has 1 heterocycles. The molecule has 1 aromatic heterocycles. The van der Waals surface area contributed by atoms with Gasteiger partial charge < -0.3 is 5.11 Å². The predicted molar refractivity (Wildman–Crippen MR) is 63.1 cm³/mol. The van der Waals surface area contributed by atoms with E-state index in [4.69, 9.17) is 10.6 Å². The Bertz CT molecular complexity index is 772. The van der Waals surface area contributed by atoms with Crippen molar-refractivity contribution in [2.45, 2.75) is 0 Å². The fraction of sp³-hybridized carbons (Fsp3) is 0. The van der Waals surface area contributed by atoms with E-state index in [1.54, 1.807) is 0 Å². The summed E-state index contributed by atoms with van der Waals surface area (Å²) in [6, 6.07) is 0. The lowest BCUT2D eigenvalue weighted by Crippen LogP contribution is -2.01. The first-order valence-electron chi connectivity index (χ1n) is 4.98. The molecule has 0 radical (unpaired) electrons. The van der Waals surface area contributed by atoms with Gasteiger partial charge in [0.25, 0.3) is 0 Å². The third kappa shape index (κ3) is 2.39. The largest absolute Gasteiger partial charge is 0.476 e. The van der Waals surface area contributed by atoms with Crippen molar-refractivity contribution in [2.24, 2.45) is 5.11 Å². The minimum atomic E-state index is -1.89. The molecule has 0 atom stereocenters. The van der Waals surface area contributed by atoms with Crippen molar-refractivity contribution in [3.8, 4) is 10.6 Å². The predicted octanol–water partition coefficient (Wildman–Crippen LogP) is 4.01. The molecule has 1 N–H and O–H groups in total. The number of carboxylic acids is 1. The van der Waals surface area contributed by atoms with Gasteiger partial charge in [0.1, 0.15) is 10.7 Å². The summed E-state index contributed by atoms with van der Waals surface area (Å²) in [5.74, 6) is -8.92. The van der Waals surface area contributed by atoms with Crippen molar-refractivity contribution in [1.82, 2.24) is 4.98 Å². The van der Waals surface area contributed by atoms with E-state index >= 15 is 0 Å². The number of benzene rings is 1. The Balaban J connectivity index is 2.75. The molecule has 0 unspecified atom stereocenters. The van der Waals surface area contributed by atoms with Gasteiger partial charge in [-0.1, -0.05) is 5.11 Å². The van der Waals surface area contributed by atoms with Crippen LogP contribution in [0.5, 0.6) is 0 Å². The van der Waals surface area contributed by atoms with Crippen molar-refractivity contribution in [3.63, 3.8) is 0 Å². The summed E-state index contributed by atoms with van der Waals surface area (Å²) in [7, 11) is 0. The van der Waals surface area contributed by atoms with E-state index in [1.165, 1.54) is 0 Å². The quantitative estimate of drug-likeness (QED) is 0.304. The zero-order valence-electron chi connectivity index (χ0n) is 9.64. The number of azide groups is 1. The van der Waals surface area contributed by atoms with Gasteiger partial charge in [-0.15, -0.1) is 11.3 Å². The zero-order chi connectivity index (χ0) is 15.7. The Kier molecular flexibility index (Phi) is 3.78. The van der Waals surface area contributed by atoms with E-state index in [0.717, 1.165) is 5.38 Å². The number of hydrogen-bond donors (Lipinski definition) is 1. The van der Waals surface area contributed by atoms with Crippen LogP contribution < -0.4 is 0 Å². The van der Waals surface area contributed by atoms with Crippen LogP contribution in [0, 0.1) is 23.3 Å². The van der Waals surface area contributed by atoms with Crippen molar-refractivity contribution in [2.75, 3.05) is 0 Å². The van der Waals surface area contributed by atoms with Gasteiger partial charge in [0.15, 0.2) is 29.0 Å². The average Bonchev–Trinajstić information content (AvgIpc) is 2.91. The molecular formula is C10H2F4N4O2S. The molecule has 0 bridgehead atoms. The van der Waals surface area contributed by atoms with Crippen molar-refractivity contribution >= 4 is 23.0 Å². The van der Waals surface area contributed by atoms with Crippen LogP contribution in [0.1, 0.15) is 10.5 Å². The van der Waals surface area contributed by atoms with Crippen LogP contribution in [-0.4, -0.2) is 16.1 Å². The fourth-order valence-electron chi connectivity index (χ4n) is 1.43. The van der Waals surface area contributed by atoms with Crippen LogP contribution in [0.4, 0.5) is 23.2 Å². The summed E-state index contributed by atoms with van der Waals surface area (Å²) in [6.45, 7) is 0. The molecule has 0 aliphatic carbocycles. The fourth-order valence-corrected chi connectivity index (χ4v) is 2.25. The standard InChI is InChI=1S/C10H2F4N4O2S/c11-4-3(9-16-2(1-21-9)10(19)20)5(12)7(14)8(6(4)13)17-18-15/h1H,(H,19,20). The first-order chi connectivity index (χ1) is 9.88. The smallest absolute Gasteiger partial charge is 0.355 e. The maximum Gasteiger partial charge on any atom is 0.355 e. The maximum absolute atomic E-state index is 13.8. The van der Waals surface area contributed by atoms with Gasteiger partial charge in [-0.2, -0.15) is 0 Å². The van der Waals surface area contributed by atoms with Crippen LogP contribution in [0.3, 0.4) is 0 Å². The second kappa shape index (κ2) is 5.38. The van der Waals surface area contributed by atoms with E-state index in [-0.39, 0.29) is 0 Å². The number of halogens is 4. The minimum Gasteiger partial charge on any atom is -0.476 e. The lowest BCUT2D eigenvalue weighted by atomic mass is 10.1. The number of aromatic nitrogens is 1. The molecule has 0 spiro atoms. The summed E-state index contributed by atoms with van der Waals surface area (Å²) >= 11 is 0.487. The Morgan fingerprint density at radius 1 is 1.24 bits per heavy atom. The molecule has 0 amide bonds. The number of carboxylic acid groups (broad SMARTS) is 1. The SMILES string of the molecule is [N-]=[N+]=Nc1c(F)c(F)c(-c2nc(C(=O)O)cs2)c(F)c1F. The second-order valence-corrected chi connectivity index (χ2v) is 4.37. The van der Waals surface area contributed by atoms with Crippen LogP contribution in [0.2, 0.25) is 0 Å². The Labute approximate surface area is 116 Å². The molecule has 6 nitrogen and oxygen atoms in total. The van der Waals surface area contributed by atoms with E-state index in [1.807, 2.05) is 0 Å². The van der Waals surface area contributed by atoms with Gasteiger partial charge in [0, 0.05) is 10.3 Å². The van der Waals surface area contributed by atoms with Gasteiger partial charge in [0.2, 0.25) is 0 Å². The number of thiazole rings is 1. The minimum absolute atomic E-state index is 0.487. The summed E-state index contributed by atoms with van der Waals surface area (Å²) in [5.41, 5.74) is 4.95. The van der Waals surface area contributed by atoms with Crippen LogP contribution in [0.25, 0.3) is 21.0 Å². The van der Waals surface area contributed by atoms with E-state index < -0.39 is 51.2 Å². The van der Waals surface area contributed by atoms with Crippen molar-refractivity contribution in [1.29, 1.82) is 0 Å². The number of rotatable bonds is 3. The average molecular weight is 318 g/mol. The monoisotopic (exact) mass is 318 g/mol. The third-order valence-electron chi connectivity index (χ3n) is 2.32. The highest BCUT2D eigenvalue weighted by Crippen LogP contribution is 2.37. The number of nitrogens with zero attached hydrogens (tertiary/aromatic N) is 4. The van der Waals surface area contributed by atoms with Gasteiger partial charge in [-0.3, -0.25) is 0 Å². The molecule has 11 heteroatoms. The molecule has 0 fully saturated rings. The highest BCUT2D eigenvalue weighted by atomic mass is 32.1. The van der Waals surface area contributed by atoms with Crippen LogP contribution >= 0.6 is 11.3 Å². The molecule has 0 aliphatic rings. The number of aromatic carboxylic acids is 1. The Morgan fingerprint density at radius 2 is 1.81 bits per heavy atom. The summed E-state index contributed by atoms with van der Waals surface area (Å²) < 4.78 is 54.7. The lowest BCUT2D eigenvalue weighted by Gasteiger charge is -2.06. The molecular weight excluding hydrogens is 316 g/mol. The molecule has 2 aromatic rings. The van der Waals surface area contributed by atoms with E-state index in [0.29, 0.717) is 11.3 Å². The molecule has 108 valence electrons. The van der Waals surface area contributed by atoms with Crippen LogP contribution in [0.15, 0.2) is 10.5 Å². The van der Waals surface area contributed by atoms with Gasteiger partial charge in [-0.05, 0) is 5.53 Å². The molecule has 0 aliphatic heterocycles. The summed E-state index contributed by atoms with van der Waals surface area (Å²) in [5, 5.41) is 11.6. The van der Waals surface area contributed by atoms with Gasteiger partial charge in [0.05, 0.1) is 5.56 Å².